The summed E-state index contributed by atoms with van der Waals surface area (Å²) >= 11 is 0. The number of rotatable bonds is 4. The van der Waals surface area contributed by atoms with Crippen molar-refractivity contribution in [2.45, 2.75) is 18.9 Å². The molecule has 3 unspecified atom stereocenters. The van der Waals surface area contributed by atoms with E-state index in [4.69, 9.17) is 10.8 Å². The molecule has 0 radical (unpaired) electrons. The molecule has 0 bridgehead atoms. The number of hydrogen-bond acceptors (Lipinski definition) is 3. The van der Waals surface area contributed by atoms with Crippen molar-refractivity contribution >= 4 is 5.97 Å². The molecule has 3 N–H and O–H groups in total. The maximum Gasteiger partial charge on any atom is 0.304 e. The van der Waals surface area contributed by atoms with Crippen LogP contribution in [0.4, 0.5) is 0 Å². The third kappa shape index (κ3) is 2.19. The van der Waals surface area contributed by atoms with Crippen molar-refractivity contribution in [2.24, 2.45) is 17.6 Å². The van der Waals surface area contributed by atoms with Crippen LogP contribution in [0.5, 0.6) is 0 Å². The summed E-state index contributed by atoms with van der Waals surface area (Å²) in [6.07, 6.45) is 1.47. The second kappa shape index (κ2) is 3.27. The van der Waals surface area contributed by atoms with E-state index in [2.05, 4.69) is 4.90 Å². The van der Waals surface area contributed by atoms with Crippen molar-refractivity contribution in [1.29, 1.82) is 0 Å². The van der Waals surface area contributed by atoms with Gasteiger partial charge in [0.2, 0.25) is 0 Å². The lowest BCUT2D eigenvalue weighted by Crippen LogP contribution is -2.38. The van der Waals surface area contributed by atoms with Gasteiger partial charge in [0.05, 0.1) is 6.42 Å². The molecule has 1 saturated carbocycles. The van der Waals surface area contributed by atoms with E-state index >= 15 is 0 Å². The molecule has 2 rings (SSSR count). The zero-order valence-corrected chi connectivity index (χ0v) is 7.65. The van der Waals surface area contributed by atoms with Crippen LogP contribution in [0, 0.1) is 11.8 Å². The summed E-state index contributed by atoms with van der Waals surface area (Å²) in [7, 11) is 0. The number of hydrogen-bond donors (Lipinski definition) is 2. The predicted octanol–water partition coefficient (Wildman–Crippen LogP) is -0.260. The van der Waals surface area contributed by atoms with Crippen molar-refractivity contribution < 1.29 is 9.90 Å². The molecule has 13 heavy (non-hydrogen) atoms. The molecule has 0 amide bonds. The first kappa shape index (κ1) is 8.97. The summed E-state index contributed by atoms with van der Waals surface area (Å²) in [5.41, 5.74) is 5.69. The van der Waals surface area contributed by atoms with Gasteiger partial charge in [0.15, 0.2) is 0 Å². The smallest absolute Gasteiger partial charge is 0.304 e. The number of fused-ring (bicyclic) bond motifs is 1. The molecule has 4 heteroatoms. The molecular weight excluding hydrogens is 168 g/mol. The third-order valence-corrected chi connectivity index (χ3v) is 2.98. The Bertz CT molecular complexity index is 210. The quantitative estimate of drug-likeness (QED) is 0.631. The highest BCUT2D eigenvalue weighted by Gasteiger charge is 2.44. The number of piperidine rings is 1. The van der Waals surface area contributed by atoms with E-state index < -0.39 is 5.97 Å². The van der Waals surface area contributed by atoms with E-state index in [1.54, 1.807) is 0 Å². The van der Waals surface area contributed by atoms with Crippen molar-refractivity contribution in [3.8, 4) is 0 Å². The lowest BCUT2D eigenvalue weighted by atomic mass is 10.2. The standard InChI is InChI=1S/C9H16N2O2/c10-8(2-9(12)13)5-11-3-6-1-7(6)4-11/h6-8H,1-5,10H2,(H,12,13). The van der Waals surface area contributed by atoms with Gasteiger partial charge in [0, 0.05) is 25.7 Å². The summed E-state index contributed by atoms with van der Waals surface area (Å²) < 4.78 is 0. The summed E-state index contributed by atoms with van der Waals surface area (Å²) in [4.78, 5) is 12.7. The Morgan fingerprint density at radius 3 is 2.69 bits per heavy atom. The number of carbonyl (C=O) groups is 1. The minimum atomic E-state index is -0.795. The second-order valence-electron chi connectivity index (χ2n) is 4.33. The Balaban J connectivity index is 1.69. The van der Waals surface area contributed by atoms with Gasteiger partial charge in [-0.15, -0.1) is 0 Å². The molecular formula is C9H16N2O2. The van der Waals surface area contributed by atoms with Crippen molar-refractivity contribution in [3.05, 3.63) is 0 Å². The van der Waals surface area contributed by atoms with E-state index in [-0.39, 0.29) is 12.5 Å². The van der Waals surface area contributed by atoms with Crippen LogP contribution >= 0.6 is 0 Å². The average Bonchev–Trinajstić information content (AvgIpc) is 2.57. The zero-order valence-electron chi connectivity index (χ0n) is 7.65. The molecule has 0 aromatic carbocycles. The van der Waals surface area contributed by atoms with Gasteiger partial charge in [-0.25, -0.2) is 0 Å². The third-order valence-electron chi connectivity index (χ3n) is 2.98. The van der Waals surface area contributed by atoms with Crippen LogP contribution in [0.1, 0.15) is 12.8 Å². The highest BCUT2D eigenvalue weighted by Crippen LogP contribution is 2.44. The summed E-state index contributed by atoms with van der Waals surface area (Å²) in [5, 5.41) is 8.52. The minimum Gasteiger partial charge on any atom is -0.481 e. The van der Waals surface area contributed by atoms with Crippen LogP contribution in [-0.4, -0.2) is 41.7 Å². The van der Waals surface area contributed by atoms with Gasteiger partial charge in [-0.2, -0.15) is 0 Å². The van der Waals surface area contributed by atoms with Crippen LogP contribution < -0.4 is 5.73 Å². The fourth-order valence-corrected chi connectivity index (χ4v) is 2.26. The van der Waals surface area contributed by atoms with Crippen LogP contribution in [0.25, 0.3) is 0 Å². The monoisotopic (exact) mass is 184 g/mol. The first-order valence-electron chi connectivity index (χ1n) is 4.85. The summed E-state index contributed by atoms with van der Waals surface area (Å²) in [6.45, 7) is 3.02. The largest absolute Gasteiger partial charge is 0.481 e. The first-order chi connectivity index (χ1) is 6.15. The maximum atomic E-state index is 10.4. The molecule has 2 aliphatic rings. The average molecular weight is 184 g/mol. The molecule has 1 saturated heterocycles. The molecule has 0 aromatic heterocycles. The van der Waals surface area contributed by atoms with Gasteiger partial charge in [-0.1, -0.05) is 0 Å². The fourth-order valence-electron chi connectivity index (χ4n) is 2.26. The highest BCUT2D eigenvalue weighted by molar-refractivity contribution is 5.67. The fraction of sp³-hybridized carbons (Fsp3) is 0.889. The van der Waals surface area contributed by atoms with Crippen molar-refractivity contribution in [3.63, 3.8) is 0 Å². The Kier molecular flexibility index (Phi) is 2.26. The maximum absolute atomic E-state index is 10.4. The molecule has 4 nitrogen and oxygen atoms in total. The highest BCUT2D eigenvalue weighted by atomic mass is 16.4. The molecule has 74 valence electrons. The number of aliphatic carboxylic acids is 1. The van der Waals surface area contributed by atoms with E-state index in [1.807, 2.05) is 0 Å². The summed E-state index contributed by atoms with van der Waals surface area (Å²) in [6, 6.07) is -0.199. The van der Waals surface area contributed by atoms with Gasteiger partial charge in [0.25, 0.3) is 0 Å². The Hall–Kier alpha value is -0.610. The lowest BCUT2D eigenvalue weighted by molar-refractivity contribution is -0.137. The predicted molar refractivity (Wildman–Crippen MR) is 48.3 cm³/mol. The molecule has 1 heterocycles. The van der Waals surface area contributed by atoms with E-state index in [9.17, 15) is 4.79 Å². The minimum absolute atomic E-state index is 0.0891. The van der Waals surface area contributed by atoms with Crippen LogP contribution in [0.2, 0.25) is 0 Å². The number of likely N-dealkylation sites (tertiary alicyclic amines) is 1. The molecule has 2 fully saturated rings. The van der Waals surface area contributed by atoms with Gasteiger partial charge < -0.3 is 15.7 Å². The first-order valence-corrected chi connectivity index (χ1v) is 4.85. The number of carboxylic acids is 1. The van der Waals surface area contributed by atoms with Gasteiger partial charge in [-0.05, 0) is 18.3 Å². The normalized spacial score (nSPS) is 34.2. The van der Waals surface area contributed by atoms with Crippen LogP contribution in [-0.2, 0) is 4.79 Å². The Morgan fingerprint density at radius 1 is 1.54 bits per heavy atom. The lowest BCUT2D eigenvalue weighted by Gasteiger charge is -2.20. The van der Waals surface area contributed by atoms with Gasteiger partial charge >= 0.3 is 5.97 Å². The summed E-state index contributed by atoms with van der Waals surface area (Å²) in [5.74, 6) is 1.01. The molecule has 0 spiro atoms. The molecule has 0 aromatic rings. The second-order valence-corrected chi connectivity index (χ2v) is 4.33. The zero-order chi connectivity index (χ0) is 9.42. The number of carboxylic acid groups (broad SMARTS) is 1. The Morgan fingerprint density at radius 2 is 2.15 bits per heavy atom. The Labute approximate surface area is 77.7 Å². The van der Waals surface area contributed by atoms with Gasteiger partial charge in [0.1, 0.15) is 0 Å². The van der Waals surface area contributed by atoms with Crippen LogP contribution in [0.15, 0.2) is 0 Å². The van der Waals surface area contributed by atoms with E-state index in [0.29, 0.717) is 0 Å². The van der Waals surface area contributed by atoms with Crippen LogP contribution in [0.3, 0.4) is 0 Å². The molecule has 1 aliphatic heterocycles. The topological polar surface area (TPSA) is 66.6 Å². The SMILES string of the molecule is NC(CC(=O)O)CN1CC2CC2C1. The van der Waals surface area contributed by atoms with Gasteiger partial charge in [-0.3, -0.25) is 4.79 Å². The molecule has 1 aliphatic carbocycles. The number of nitrogens with two attached hydrogens (primary N) is 1. The van der Waals surface area contributed by atoms with Crippen molar-refractivity contribution in [1.82, 2.24) is 4.90 Å². The van der Waals surface area contributed by atoms with E-state index in [1.165, 1.54) is 6.42 Å². The molecule has 3 atom stereocenters. The van der Waals surface area contributed by atoms with E-state index in [0.717, 1.165) is 31.5 Å². The van der Waals surface area contributed by atoms with Crippen molar-refractivity contribution in [2.75, 3.05) is 19.6 Å². The number of nitrogens with zero attached hydrogens (tertiary/aromatic N) is 1.